The van der Waals surface area contributed by atoms with Crippen LogP contribution in [-0.2, 0) is 9.59 Å². The van der Waals surface area contributed by atoms with Crippen LogP contribution < -0.4 is 0 Å². The Hall–Kier alpha value is -2.10. The highest BCUT2D eigenvalue weighted by Gasteiger charge is 2.50. The molecule has 0 saturated carbocycles. The lowest BCUT2D eigenvalue weighted by molar-refractivity contribution is -0.154. The molecule has 1 aliphatic carbocycles. The van der Waals surface area contributed by atoms with Crippen LogP contribution in [0.4, 0.5) is 0 Å². The molecule has 1 aromatic rings. The molecule has 20 heavy (non-hydrogen) atoms. The summed E-state index contributed by atoms with van der Waals surface area (Å²) >= 11 is 0. The first-order chi connectivity index (χ1) is 9.19. The molecule has 4 heteroatoms. The second-order valence-electron chi connectivity index (χ2n) is 5.67. The first-order valence-corrected chi connectivity index (χ1v) is 6.45. The van der Waals surface area contributed by atoms with Crippen molar-refractivity contribution in [1.29, 1.82) is 0 Å². The van der Waals surface area contributed by atoms with Crippen LogP contribution >= 0.6 is 0 Å². The number of carboxylic acids is 2. The Morgan fingerprint density at radius 3 is 2.15 bits per heavy atom. The van der Waals surface area contributed by atoms with E-state index in [4.69, 9.17) is 0 Å². The summed E-state index contributed by atoms with van der Waals surface area (Å²) in [5, 5.41) is 19.1. The molecule has 1 aromatic carbocycles. The molecule has 2 rings (SSSR count). The Kier molecular flexibility index (Phi) is 3.20. The minimum Gasteiger partial charge on any atom is -0.481 e. The van der Waals surface area contributed by atoms with Crippen molar-refractivity contribution in [2.45, 2.75) is 33.6 Å². The summed E-state index contributed by atoms with van der Waals surface area (Å²) in [5.74, 6) is -3.28. The zero-order chi connectivity index (χ0) is 15.2. The Morgan fingerprint density at radius 2 is 1.65 bits per heavy atom. The summed E-state index contributed by atoms with van der Waals surface area (Å²) in [6.07, 6.45) is 1.79. The largest absolute Gasteiger partial charge is 0.481 e. The van der Waals surface area contributed by atoms with Crippen molar-refractivity contribution in [3.05, 3.63) is 40.0 Å². The predicted molar refractivity (Wildman–Crippen MR) is 75.7 cm³/mol. The van der Waals surface area contributed by atoms with Gasteiger partial charge in [0.05, 0.1) is 0 Å². The number of benzene rings is 1. The van der Waals surface area contributed by atoms with Crippen molar-refractivity contribution >= 4 is 18.0 Å². The Morgan fingerprint density at radius 1 is 1.10 bits per heavy atom. The van der Waals surface area contributed by atoms with Crippen LogP contribution in [0.2, 0.25) is 0 Å². The molecule has 0 fully saturated rings. The van der Waals surface area contributed by atoms with Gasteiger partial charge >= 0.3 is 11.9 Å². The zero-order valence-electron chi connectivity index (χ0n) is 12.0. The number of carbonyl (C=O) groups is 2. The molecule has 2 unspecified atom stereocenters. The van der Waals surface area contributed by atoms with Crippen LogP contribution in [0, 0.1) is 19.3 Å². The van der Waals surface area contributed by atoms with E-state index in [9.17, 15) is 19.8 Å². The topological polar surface area (TPSA) is 74.6 Å². The minimum absolute atomic E-state index is 0.563. The number of aryl methyl sites for hydroxylation is 2. The van der Waals surface area contributed by atoms with E-state index in [0.29, 0.717) is 11.1 Å². The van der Waals surface area contributed by atoms with Crippen LogP contribution in [0.5, 0.6) is 0 Å². The highest BCUT2D eigenvalue weighted by atomic mass is 16.4. The van der Waals surface area contributed by atoms with Gasteiger partial charge in [-0.2, -0.15) is 0 Å². The van der Waals surface area contributed by atoms with Crippen molar-refractivity contribution in [3.63, 3.8) is 0 Å². The molecule has 0 saturated heterocycles. The summed E-state index contributed by atoms with van der Waals surface area (Å²) in [4.78, 5) is 23.3. The lowest BCUT2D eigenvalue weighted by Gasteiger charge is -2.37. The molecule has 0 amide bonds. The fourth-order valence-electron chi connectivity index (χ4n) is 2.83. The molecule has 2 atom stereocenters. The zero-order valence-corrected chi connectivity index (χ0v) is 12.0. The van der Waals surface area contributed by atoms with E-state index in [2.05, 4.69) is 0 Å². The van der Waals surface area contributed by atoms with Crippen molar-refractivity contribution in [2.24, 2.45) is 5.41 Å². The van der Waals surface area contributed by atoms with Crippen molar-refractivity contribution in [2.75, 3.05) is 0 Å². The quantitative estimate of drug-likeness (QED) is 0.869. The van der Waals surface area contributed by atoms with Gasteiger partial charge in [0.25, 0.3) is 0 Å². The van der Waals surface area contributed by atoms with E-state index >= 15 is 0 Å². The summed E-state index contributed by atoms with van der Waals surface area (Å²) in [7, 11) is 0. The van der Waals surface area contributed by atoms with Crippen LogP contribution in [0.15, 0.2) is 17.7 Å². The number of hydrogen-bond donors (Lipinski definition) is 2. The molecule has 0 heterocycles. The first kappa shape index (κ1) is 14.3. The van der Waals surface area contributed by atoms with Gasteiger partial charge in [-0.25, -0.2) is 0 Å². The number of rotatable bonds is 2. The van der Waals surface area contributed by atoms with E-state index in [1.54, 1.807) is 19.1 Å². The molecular formula is C16H18O4. The normalized spacial score (nSPS) is 24.8. The van der Waals surface area contributed by atoms with Gasteiger partial charge < -0.3 is 10.2 Å². The maximum Gasteiger partial charge on any atom is 0.314 e. The lowest BCUT2D eigenvalue weighted by Crippen LogP contribution is -2.41. The van der Waals surface area contributed by atoms with Crippen molar-refractivity contribution in [3.8, 4) is 0 Å². The van der Waals surface area contributed by atoms with E-state index in [1.165, 1.54) is 6.92 Å². The molecule has 0 bridgehead atoms. The van der Waals surface area contributed by atoms with Crippen LogP contribution in [0.1, 0.15) is 42.0 Å². The van der Waals surface area contributed by atoms with Gasteiger partial charge in [0.1, 0.15) is 11.3 Å². The fraction of sp³-hybridized carbons (Fsp3) is 0.375. The van der Waals surface area contributed by atoms with E-state index in [0.717, 1.165) is 16.7 Å². The maximum atomic E-state index is 11.7. The smallest absolute Gasteiger partial charge is 0.314 e. The average Bonchev–Trinajstić information content (AvgIpc) is 2.32. The molecule has 4 nitrogen and oxygen atoms in total. The van der Waals surface area contributed by atoms with E-state index in [1.807, 2.05) is 19.9 Å². The fourth-order valence-corrected chi connectivity index (χ4v) is 2.83. The molecule has 2 N–H and O–H groups in total. The second kappa shape index (κ2) is 4.47. The highest BCUT2D eigenvalue weighted by molar-refractivity contribution is 5.93. The summed E-state index contributed by atoms with van der Waals surface area (Å²) < 4.78 is 0. The Bertz CT molecular complexity index is 642. The van der Waals surface area contributed by atoms with Crippen LogP contribution in [0.25, 0.3) is 6.08 Å². The van der Waals surface area contributed by atoms with Gasteiger partial charge in [-0.05, 0) is 49.9 Å². The Balaban J connectivity index is 2.80. The number of hydrogen-bond acceptors (Lipinski definition) is 2. The molecular weight excluding hydrogens is 256 g/mol. The number of carboxylic acid groups (broad SMARTS) is 2. The lowest BCUT2D eigenvalue weighted by atomic mass is 9.64. The molecule has 0 radical (unpaired) electrons. The predicted octanol–water partition coefficient (Wildman–Crippen LogP) is 2.98. The third-order valence-electron chi connectivity index (χ3n) is 4.47. The molecule has 1 aliphatic rings. The van der Waals surface area contributed by atoms with Gasteiger partial charge in [-0.3, -0.25) is 9.59 Å². The molecule has 0 aromatic heterocycles. The van der Waals surface area contributed by atoms with Gasteiger partial charge in [0.2, 0.25) is 0 Å². The van der Waals surface area contributed by atoms with Gasteiger partial charge in [0.15, 0.2) is 0 Å². The average molecular weight is 274 g/mol. The summed E-state index contributed by atoms with van der Waals surface area (Å²) in [6.45, 7) is 7.03. The highest BCUT2D eigenvalue weighted by Crippen LogP contribution is 2.48. The van der Waals surface area contributed by atoms with E-state index in [-0.39, 0.29) is 0 Å². The standard InChI is InChI=1S/C16H18O4/c1-8-5-11-7-10(3)16(4,15(19)20)13(14(17)18)12(11)6-9(8)2/h5-7,13H,1-4H3,(H,17,18)(H,19,20). The monoisotopic (exact) mass is 274 g/mol. The SMILES string of the molecule is CC1=Cc2cc(C)c(C)cc2C(C(=O)O)C1(C)C(=O)O. The van der Waals surface area contributed by atoms with Crippen LogP contribution in [0.3, 0.4) is 0 Å². The third kappa shape index (κ3) is 1.83. The van der Waals surface area contributed by atoms with Gasteiger partial charge in [-0.15, -0.1) is 0 Å². The minimum atomic E-state index is -1.42. The van der Waals surface area contributed by atoms with Crippen LogP contribution in [-0.4, -0.2) is 22.2 Å². The van der Waals surface area contributed by atoms with Crippen molar-refractivity contribution < 1.29 is 19.8 Å². The summed E-state index contributed by atoms with van der Waals surface area (Å²) in [6, 6.07) is 3.72. The van der Waals surface area contributed by atoms with E-state index < -0.39 is 23.3 Å². The molecule has 106 valence electrons. The van der Waals surface area contributed by atoms with Crippen molar-refractivity contribution in [1.82, 2.24) is 0 Å². The third-order valence-corrected chi connectivity index (χ3v) is 4.47. The van der Waals surface area contributed by atoms with Gasteiger partial charge in [0, 0.05) is 0 Å². The number of aliphatic carboxylic acids is 2. The molecule has 0 aliphatic heterocycles. The second-order valence-corrected chi connectivity index (χ2v) is 5.67. The first-order valence-electron chi connectivity index (χ1n) is 6.45. The number of fused-ring (bicyclic) bond motifs is 1. The molecule has 0 spiro atoms. The maximum absolute atomic E-state index is 11.7. The van der Waals surface area contributed by atoms with Gasteiger partial charge in [-0.1, -0.05) is 23.8 Å². The summed E-state index contributed by atoms with van der Waals surface area (Å²) in [5.41, 5.74) is 2.56. The Labute approximate surface area is 117 Å².